The van der Waals surface area contributed by atoms with E-state index in [-0.39, 0.29) is 23.1 Å². The maximum absolute atomic E-state index is 11.5. The highest BCUT2D eigenvalue weighted by Gasteiger charge is 2.27. The molecular weight excluding hydrogens is 296 g/mol. The van der Waals surface area contributed by atoms with Gasteiger partial charge in [-0.05, 0) is 39.2 Å². The summed E-state index contributed by atoms with van der Waals surface area (Å²) in [5, 5.41) is 13.6. The Morgan fingerprint density at radius 2 is 2.22 bits per heavy atom. The summed E-state index contributed by atoms with van der Waals surface area (Å²) < 4.78 is 5.12. The van der Waals surface area contributed by atoms with Crippen LogP contribution in [0.1, 0.15) is 44.2 Å². The lowest BCUT2D eigenvalue weighted by atomic mass is 10.0. The number of carbonyl (C=O) groups excluding carboxylic acids is 1. The Balaban J connectivity index is 1.97. The quantitative estimate of drug-likeness (QED) is 0.516. The number of rotatable bonds is 2. The van der Waals surface area contributed by atoms with Crippen LogP contribution < -0.4 is 5.32 Å². The largest absolute Gasteiger partial charge is 0.444 e. The third-order valence-electron chi connectivity index (χ3n) is 3.44. The molecule has 1 N–H and O–H groups in total. The topological polar surface area (TPSA) is 81.5 Å². The number of nitro benzene ring substituents is 1. The number of hydrogen-bond acceptors (Lipinski definition) is 4. The van der Waals surface area contributed by atoms with Gasteiger partial charge in [0.2, 0.25) is 0 Å². The van der Waals surface area contributed by atoms with Gasteiger partial charge in [0.15, 0.2) is 0 Å². The molecule has 23 heavy (non-hydrogen) atoms. The molecule has 0 saturated carbocycles. The van der Waals surface area contributed by atoms with Crippen molar-refractivity contribution in [3.05, 3.63) is 39.4 Å². The van der Waals surface area contributed by atoms with Gasteiger partial charge in [0, 0.05) is 17.5 Å². The van der Waals surface area contributed by atoms with Gasteiger partial charge in [0.1, 0.15) is 5.60 Å². The van der Waals surface area contributed by atoms with E-state index >= 15 is 0 Å². The van der Waals surface area contributed by atoms with E-state index in [2.05, 4.69) is 17.2 Å². The average Bonchev–Trinajstić information content (AvgIpc) is 2.84. The lowest BCUT2D eigenvalue weighted by molar-refractivity contribution is -0.385. The fraction of sp³-hybridized carbons (Fsp3) is 0.471. The Kier molecular flexibility index (Phi) is 4.89. The summed E-state index contributed by atoms with van der Waals surface area (Å²) in [5.74, 6) is 5.96. The van der Waals surface area contributed by atoms with E-state index < -0.39 is 11.7 Å². The van der Waals surface area contributed by atoms with Crippen LogP contribution in [0.2, 0.25) is 0 Å². The van der Waals surface area contributed by atoms with Gasteiger partial charge >= 0.3 is 6.09 Å². The molecule has 1 amide bonds. The number of nitrogens with one attached hydrogen (secondary N) is 1. The summed E-state index contributed by atoms with van der Waals surface area (Å²) in [6.07, 6.45) is 0.916. The highest BCUT2D eigenvalue weighted by atomic mass is 16.6. The van der Waals surface area contributed by atoms with Crippen molar-refractivity contribution in [2.24, 2.45) is 0 Å². The normalized spacial score (nSPS) is 16.0. The number of hydrogen-bond donors (Lipinski definition) is 1. The minimum atomic E-state index is -0.541. The van der Waals surface area contributed by atoms with Crippen molar-refractivity contribution in [1.82, 2.24) is 5.32 Å². The highest BCUT2D eigenvalue weighted by molar-refractivity contribution is 5.68. The first-order valence-corrected chi connectivity index (χ1v) is 7.49. The van der Waals surface area contributed by atoms with Crippen molar-refractivity contribution in [2.75, 3.05) is 6.54 Å². The molecular formula is C17H20N2O4. The summed E-state index contributed by atoms with van der Waals surface area (Å²) in [6, 6.07) is 5.10. The van der Waals surface area contributed by atoms with E-state index in [0.29, 0.717) is 6.42 Å². The van der Waals surface area contributed by atoms with Crippen LogP contribution in [0.4, 0.5) is 10.5 Å². The number of carbonyl (C=O) groups is 1. The molecule has 1 aromatic rings. The van der Waals surface area contributed by atoms with Crippen molar-refractivity contribution in [3.8, 4) is 11.8 Å². The molecule has 1 aliphatic carbocycles. The Labute approximate surface area is 135 Å². The van der Waals surface area contributed by atoms with Gasteiger partial charge in [0.25, 0.3) is 5.69 Å². The number of ether oxygens (including phenoxy) is 1. The smallest absolute Gasteiger partial charge is 0.408 e. The molecule has 0 aliphatic heterocycles. The summed E-state index contributed by atoms with van der Waals surface area (Å²) >= 11 is 0. The molecule has 0 spiro atoms. The third kappa shape index (κ3) is 4.46. The standard InChI is InChI=1S/C17H20N2O4/c1-17(2,3)23-16(20)18-11-5-6-12-9-10-14-13(12)7-4-8-15(14)19(21)22/h4,7-8,12H,9-11H2,1-3H3,(H,18,20). The average molecular weight is 316 g/mol. The fourth-order valence-electron chi connectivity index (χ4n) is 2.56. The molecule has 0 heterocycles. The van der Waals surface area contributed by atoms with E-state index in [9.17, 15) is 14.9 Å². The summed E-state index contributed by atoms with van der Waals surface area (Å²) in [6.45, 7) is 5.57. The monoisotopic (exact) mass is 316 g/mol. The number of nitrogens with zero attached hydrogens (tertiary/aromatic N) is 1. The van der Waals surface area contributed by atoms with E-state index in [0.717, 1.165) is 17.5 Å². The van der Waals surface area contributed by atoms with Gasteiger partial charge in [-0.25, -0.2) is 4.79 Å². The minimum absolute atomic E-state index is 0.0228. The molecule has 1 aromatic carbocycles. The fourth-order valence-corrected chi connectivity index (χ4v) is 2.56. The van der Waals surface area contributed by atoms with E-state index in [4.69, 9.17) is 4.74 Å². The molecule has 0 aromatic heterocycles. The zero-order valence-corrected chi connectivity index (χ0v) is 13.5. The number of benzene rings is 1. The Bertz CT molecular complexity index is 680. The van der Waals surface area contributed by atoms with Gasteiger partial charge in [-0.2, -0.15) is 0 Å². The van der Waals surface area contributed by atoms with Crippen LogP contribution in [0.3, 0.4) is 0 Å². The van der Waals surface area contributed by atoms with Crippen LogP contribution in [0.5, 0.6) is 0 Å². The molecule has 0 fully saturated rings. The Morgan fingerprint density at radius 1 is 1.48 bits per heavy atom. The van der Waals surface area contributed by atoms with Crippen LogP contribution in [0.15, 0.2) is 18.2 Å². The van der Waals surface area contributed by atoms with Crippen molar-refractivity contribution in [3.63, 3.8) is 0 Å². The highest BCUT2D eigenvalue weighted by Crippen LogP contribution is 2.37. The van der Waals surface area contributed by atoms with Crippen LogP contribution in [-0.2, 0) is 11.2 Å². The SMILES string of the molecule is CC(C)(C)OC(=O)NCC#CC1CCc2c1cccc2[N+](=O)[O-]. The first-order chi connectivity index (χ1) is 10.8. The second-order valence-electron chi connectivity index (χ2n) is 6.37. The zero-order chi connectivity index (χ0) is 17.0. The number of amides is 1. The predicted molar refractivity (Wildman–Crippen MR) is 86.2 cm³/mol. The molecule has 122 valence electrons. The molecule has 6 heteroatoms. The van der Waals surface area contributed by atoms with E-state index in [1.165, 1.54) is 6.07 Å². The lowest BCUT2D eigenvalue weighted by Gasteiger charge is -2.19. The molecule has 1 unspecified atom stereocenters. The second-order valence-corrected chi connectivity index (χ2v) is 6.37. The van der Waals surface area contributed by atoms with Gasteiger partial charge in [0.05, 0.1) is 11.5 Å². The first-order valence-electron chi connectivity index (χ1n) is 7.49. The van der Waals surface area contributed by atoms with Crippen molar-refractivity contribution < 1.29 is 14.5 Å². The Morgan fingerprint density at radius 3 is 2.87 bits per heavy atom. The number of fused-ring (bicyclic) bond motifs is 1. The minimum Gasteiger partial charge on any atom is -0.444 e. The van der Waals surface area contributed by atoms with Crippen molar-refractivity contribution in [2.45, 2.75) is 45.1 Å². The van der Waals surface area contributed by atoms with Crippen LogP contribution >= 0.6 is 0 Å². The molecule has 1 aliphatic rings. The summed E-state index contributed by atoms with van der Waals surface area (Å²) in [7, 11) is 0. The van der Waals surface area contributed by atoms with Crippen molar-refractivity contribution in [1.29, 1.82) is 0 Å². The maximum atomic E-state index is 11.5. The predicted octanol–water partition coefficient (Wildman–Crippen LogP) is 3.15. The molecule has 2 rings (SSSR count). The number of nitro groups is 1. The van der Waals surface area contributed by atoms with Gasteiger partial charge < -0.3 is 10.1 Å². The second kappa shape index (κ2) is 6.69. The molecule has 1 atom stereocenters. The van der Waals surface area contributed by atoms with Gasteiger partial charge in [-0.1, -0.05) is 24.0 Å². The van der Waals surface area contributed by atoms with Gasteiger partial charge in [-0.15, -0.1) is 0 Å². The third-order valence-corrected chi connectivity index (χ3v) is 3.44. The van der Waals surface area contributed by atoms with Crippen LogP contribution in [-0.4, -0.2) is 23.2 Å². The summed E-state index contributed by atoms with van der Waals surface area (Å²) in [5.41, 5.74) is 1.32. The molecule has 0 radical (unpaired) electrons. The van der Waals surface area contributed by atoms with Crippen molar-refractivity contribution >= 4 is 11.8 Å². The lowest BCUT2D eigenvalue weighted by Crippen LogP contribution is -2.32. The number of alkyl carbamates (subject to hydrolysis) is 1. The van der Waals surface area contributed by atoms with Crippen LogP contribution in [0.25, 0.3) is 0 Å². The van der Waals surface area contributed by atoms with E-state index in [1.54, 1.807) is 26.8 Å². The summed E-state index contributed by atoms with van der Waals surface area (Å²) in [4.78, 5) is 22.2. The van der Waals surface area contributed by atoms with Gasteiger partial charge in [-0.3, -0.25) is 10.1 Å². The maximum Gasteiger partial charge on any atom is 0.408 e. The van der Waals surface area contributed by atoms with Crippen LogP contribution in [0, 0.1) is 22.0 Å². The zero-order valence-electron chi connectivity index (χ0n) is 13.5. The molecule has 6 nitrogen and oxygen atoms in total. The van der Waals surface area contributed by atoms with E-state index in [1.807, 2.05) is 6.07 Å². The molecule has 0 bridgehead atoms. The first kappa shape index (κ1) is 16.8. The molecule has 0 saturated heterocycles. The Hall–Kier alpha value is -2.55.